The molecule has 2 amide bonds. The molecule has 0 saturated heterocycles. The molecule has 2 rings (SSSR count). The van der Waals surface area contributed by atoms with Gasteiger partial charge in [0.1, 0.15) is 17.3 Å². The second-order valence-corrected chi connectivity index (χ2v) is 4.48. The van der Waals surface area contributed by atoms with Gasteiger partial charge in [-0.25, -0.2) is 4.39 Å². The van der Waals surface area contributed by atoms with Crippen molar-refractivity contribution in [2.75, 3.05) is 24.9 Å². The number of benzene rings is 2. The third kappa shape index (κ3) is 4.19. The topological polar surface area (TPSA) is 76.7 Å². The first kappa shape index (κ1) is 16.3. The average Bonchev–Trinajstić information content (AvgIpc) is 2.56. The second kappa shape index (κ2) is 7.26. The summed E-state index contributed by atoms with van der Waals surface area (Å²) in [6.45, 7) is 0. The molecule has 0 fully saturated rings. The highest BCUT2D eigenvalue weighted by molar-refractivity contribution is 6.43. The summed E-state index contributed by atoms with van der Waals surface area (Å²) >= 11 is 0. The second-order valence-electron chi connectivity index (χ2n) is 4.48. The van der Waals surface area contributed by atoms with Gasteiger partial charge in [0, 0.05) is 11.8 Å². The molecule has 0 atom stereocenters. The summed E-state index contributed by atoms with van der Waals surface area (Å²) in [6.07, 6.45) is 0. The van der Waals surface area contributed by atoms with Crippen LogP contribution in [-0.2, 0) is 9.59 Å². The van der Waals surface area contributed by atoms with Crippen molar-refractivity contribution in [3.05, 3.63) is 48.3 Å². The van der Waals surface area contributed by atoms with Crippen molar-refractivity contribution < 1.29 is 23.5 Å². The quantitative estimate of drug-likeness (QED) is 0.849. The first-order chi connectivity index (χ1) is 11.0. The lowest BCUT2D eigenvalue weighted by atomic mass is 10.2. The van der Waals surface area contributed by atoms with E-state index < -0.39 is 17.6 Å². The molecule has 6 nitrogen and oxygen atoms in total. The number of carbonyl (C=O) groups excluding carboxylic acids is 2. The van der Waals surface area contributed by atoms with E-state index >= 15 is 0 Å². The number of carbonyl (C=O) groups is 2. The Morgan fingerprint density at radius 3 is 2.17 bits per heavy atom. The first-order valence-electron chi connectivity index (χ1n) is 6.63. The number of nitrogens with one attached hydrogen (secondary N) is 2. The van der Waals surface area contributed by atoms with E-state index in [2.05, 4.69) is 10.6 Å². The Morgan fingerprint density at radius 1 is 0.913 bits per heavy atom. The molecular formula is C16H15FN2O4. The third-order valence-electron chi connectivity index (χ3n) is 2.96. The van der Waals surface area contributed by atoms with Gasteiger partial charge in [-0.1, -0.05) is 0 Å². The molecule has 7 heteroatoms. The van der Waals surface area contributed by atoms with Crippen molar-refractivity contribution in [2.45, 2.75) is 0 Å². The number of amides is 2. The molecule has 0 bridgehead atoms. The number of anilines is 2. The molecular weight excluding hydrogens is 303 g/mol. The lowest BCUT2D eigenvalue weighted by molar-refractivity contribution is -0.133. The van der Waals surface area contributed by atoms with Crippen molar-refractivity contribution in [2.24, 2.45) is 0 Å². The van der Waals surface area contributed by atoms with Crippen LogP contribution >= 0.6 is 0 Å². The summed E-state index contributed by atoms with van der Waals surface area (Å²) in [5.74, 6) is -1.33. The van der Waals surface area contributed by atoms with Gasteiger partial charge in [0.15, 0.2) is 0 Å². The van der Waals surface area contributed by atoms with E-state index in [1.165, 1.54) is 44.6 Å². The average molecular weight is 318 g/mol. The van der Waals surface area contributed by atoms with Gasteiger partial charge in [-0.2, -0.15) is 0 Å². The molecule has 0 unspecified atom stereocenters. The minimum absolute atomic E-state index is 0.297. The van der Waals surface area contributed by atoms with Gasteiger partial charge in [0.05, 0.1) is 19.9 Å². The van der Waals surface area contributed by atoms with Crippen molar-refractivity contribution in [3.63, 3.8) is 0 Å². The van der Waals surface area contributed by atoms with Crippen LogP contribution < -0.4 is 20.1 Å². The molecule has 0 heterocycles. The third-order valence-corrected chi connectivity index (χ3v) is 2.96. The maximum absolute atomic E-state index is 12.8. The number of rotatable bonds is 4. The highest BCUT2D eigenvalue weighted by atomic mass is 19.1. The first-order valence-corrected chi connectivity index (χ1v) is 6.63. The summed E-state index contributed by atoms with van der Waals surface area (Å²) < 4.78 is 23.0. The summed E-state index contributed by atoms with van der Waals surface area (Å²) in [4.78, 5) is 23.8. The lowest BCUT2D eigenvalue weighted by Gasteiger charge is -2.11. The number of ether oxygens (including phenoxy) is 2. The van der Waals surface area contributed by atoms with E-state index in [9.17, 15) is 14.0 Å². The molecule has 23 heavy (non-hydrogen) atoms. The molecule has 2 aromatic rings. The monoisotopic (exact) mass is 318 g/mol. The number of hydrogen-bond acceptors (Lipinski definition) is 4. The standard InChI is InChI=1S/C16H15FN2O4/c1-22-12-7-8-14(23-2)13(9-12)19-16(21)15(20)18-11-5-3-10(17)4-6-11/h3-9H,1-2H3,(H,18,20)(H,19,21). The van der Waals surface area contributed by atoms with E-state index in [-0.39, 0.29) is 0 Å². The van der Waals surface area contributed by atoms with Gasteiger partial charge in [-0.05, 0) is 36.4 Å². The Hall–Kier alpha value is -3.09. The SMILES string of the molecule is COc1ccc(OC)c(NC(=O)C(=O)Nc2ccc(F)cc2)c1. The number of methoxy groups -OCH3 is 2. The fraction of sp³-hybridized carbons (Fsp3) is 0.125. The normalized spacial score (nSPS) is 9.87. The van der Waals surface area contributed by atoms with E-state index in [0.29, 0.717) is 22.9 Å². The van der Waals surface area contributed by atoms with E-state index in [1.807, 2.05) is 0 Å². The Kier molecular flexibility index (Phi) is 5.14. The van der Waals surface area contributed by atoms with Crippen molar-refractivity contribution in [1.29, 1.82) is 0 Å². The van der Waals surface area contributed by atoms with Crippen LogP contribution in [0.1, 0.15) is 0 Å². The molecule has 0 aliphatic rings. The van der Waals surface area contributed by atoms with Crippen LogP contribution in [0.5, 0.6) is 11.5 Å². The van der Waals surface area contributed by atoms with Crippen LogP contribution in [-0.4, -0.2) is 26.0 Å². The van der Waals surface area contributed by atoms with Crippen LogP contribution in [0.3, 0.4) is 0 Å². The van der Waals surface area contributed by atoms with Gasteiger partial charge in [0.25, 0.3) is 0 Å². The van der Waals surface area contributed by atoms with Crippen LogP contribution in [0.15, 0.2) is 42.5 Å². The van der Waals surface area contributed by atoms with Crippen LogP contribution in [0, 0.1) is 5.82 Å². The van der Waals surface area contributed by atoms with Crippen molar-refractivity contribution in [1.82, 2.24) is 0 Å². The molecule has 120 valence electrons. The zero-order valence-corrected chi connectivity index (χ0v) is 12.6. The fourth-order valence-electron chi connectivity index (χ4n) is 1.81. The Bertz CT molecular complexity index is 717. The lowest BCUT2D eigenvalue weighted by Crippen LogP contribution is -2.29. The van der Waals surface area contributed by atoms with E-state index in [4.69, 9.17) is 9.47 Å². The maximum atomic E-state index is 12.8. The smallest absolute Gasteiger partial charge is 0.314 e. The predicted molar refractivity (Wildman–Crippen MR) is 83.2 cm³/mol. The fourth-order valence-corrected chi connectivity index (χ4v) is 1.81. The molecule has 2 aromatic carbocycles. The largest absolute Gasteiger partial charge is 0.497 e. The molecule has 2 N–H and O–H groups in total. The maximum Gasteiger partial charge on any atom is 0.314 e. The van der Waals surface area contributed by atoms with E-state index in [1.54, 1.807) is 12.1 Å². The van der Waals surface area contributed by atoms with E-state index in [0.717, 1.165) is 0 Å². The van der Waals surface area contributed by atoms with Crippen LogP contribution in [0.25, 0.3) is 0 Å². The Balaban J connectivity index is 2.08. The highest BCUT2D eigenvalue weighted by Crippen LogP contribution is 2.28. The van der Waals surface area contributed by atoms with Crippen molar-refractivity contribution >= 4 is 23.2 Å². The minimum Gasteiger partial charge on any atom is -0.497 e. The van der Waals surface area contributed by atoms with Crippen LogP contribution in [0.4, 0.5) is 15.8 Å². The Morgan fingerprint density at radius 2 is 1.57 bits per heavy atom. The zero-order valence-electron chi connectivity index (χ0n) is 12.6. The summed E-state index contributed by atoms with van der Waals surface area (Å²) in [5.41, 5.74) is 0.607. The van der Waals surface area contributed by atoms with Crippen LogP contribution in [0.2, 0.25) is 0 Å². The summed E-state index contributed by atoms with van der Waals surface area (Å²) in [7, 11) is 2.92. The predicted octanol–water partition coefficient (Wildman–Crippen LogP) is 2.42. The molecule has 0 radical (unpaired) electrons. The van der Waals surface area contributed by atoms with Gasteiger partial charge in [0.2, 0.25) is 0 Å². The summed E-state index contributed by atoms with van der Waals surface area (Å²) in [6, 6.07) is 9.86. The Labute approximate surface area is 132 Å². The molecule has 0 aliphatic carbocycles. The molecule has 0 aromatic heterocycles. The van der Waals surface area contributed by atoms with Gasteiger partial charge in [-0.15, -0.1) is 0 Å². The minimum atomic E-state index is -0.888. The highest BCUT2D eigenvalue weighted by Gasteiger charge is 2.16. The van der Waals surface area contributed by atoms with Gasteiger partial charge < -0.3 is 20.1 Å². The molecule has 0 spiro atoms. The van der Waals surface area contributed by atoms with Crippen molar-refractivity contribution in [3.8, 4) is 11.5 Å². The number of halogens is 1. The zero-order chi connectivity index (χ0) is 16.8. The molecule has 0 saturated carbocycles. The number of hydrogen-bond donors (Lipinski definition) is 2. The van der Waals surface area contributed by atoms with Gasteiger partial charge >= 0.3 is 11.8 Å². The van der Waals surface area contributed by atoms with Gasteiger partial charge in [-0.3, -0.25) is 9.59 Å². The molecule has 0 aliphatic heterocycles. The summed E-state index contributed by atoms with van der Waals surface area (Å²) in [5, 5.41) is 4.80.